The van der Waals surface area contributed by atoms with Crippen LogP contribution < -0.4 is 10.1 Å². The first kappa shape index (κ1) is 22.9. The fourth-order valence-corrected chi connectivity index (χ4v) is 3.43. The molecule has 0 spiro atoms. The number of hydrogen-bond donors (Lipinski definition) is 2. The zero-order valence-electron chi connectivity index (χ0n) is 17.6. The summed E-state index contributed by atoms with van der Waals surface area (Å²) in [5, 5.41) is 13.0. The molecule has 2 atom stereocenters. The smallest absolute Gasteiger partial charge is 0.325 e. The normalized spacial score (nSPS) is 19.9. The first-order valence-electron chi connectivity index (χ1n) is 10.3. The van der Waals surface area contributed by atoms with Crippen molar-refractivity contribution in [1.82, 2.24) is 10.2 Å². The molecule has 1 heterocycles. The number of carbonyl (C=O) groups excluding carboxylic acids is 3. The Hall–Kier alpha value is -2.41. The zero-order valence-corrected chi connectivity index (χ0v) is 17.6. The van der Waals surface area contributed by atoms with Gasteiger partial charge >= 0.3 is 6.03 Å². The molecule has 160 valence electrons. The van der Waals surface area contributed by atoms with Crippen LogP contribution in [0.15, 0.2) is 24.3 Å². The van der Waals surface area contributed by atoms with Crippen LogP contribution >= 0.6 is 0 Å². The molecule has 1 saturated heterocycles. The average Bonchev–Trinajstić information content (AvgIpc) is 2.89. The number of rotatable bonds is 12. The summed E-state index contributed by atoms with van der Waals surface area (Å²) in [6, 6.07) is 6.17. The Balaban J connectivity index is 1.85. The van der Waals surface area contributed by atoms with Crippen LogP contribution in [0.5, 0.6) is 5.75 Å². The number of β-amino-alcohol motifs (C(OH)–C–C–N with tert-alkyl or cyclic N) is 1. The monoisotopic (exact) mass is 404 g/mol. The van der Waals surface area contributed by atoms with Gasteiger partial charge in [-0.1, -0.05) is 51.2 Å². The number of urea groups is 1. The van der Waals surface area contributed by atoms with E-state index in [9.17, 15) is 19.5 Å². The SMILES string of the molecule is CCCCCCC[C@]1(C)NC(=O)N(C[C@@H](O)COc2cccc(C(C)=O)c2)C1=O. The highest BCUT2D eigenvalue weighted by molar-refractivity contribution is 6.06. The summed E-state index contributed by atoms with van der Waals surface area (Å²) in [5.41, 5.74) is -0.402. The number of aliphatic hydroxyl groups is 1. The third-order valence-corrected chi connectivity index (χ3v) is 5.20. The lowest BCUT2D eigenvalue weighted by molar-refractivity contribution is -0.132. The molecule has 1 fully saturated rings. The molecule has 1 aromatic carbocycles. The van der Waals surface area contributed by atoms with Crippen LogP contribution in [0, 0.1) is 0 Å². The fourth-order valence-electron chi connectivity index (χ4n) is 3.43. The minimum absolute atomic E-state index is 0.0793. The van der Waals surface area contributed by atoms with Crippen molar-refractivity contribution < 1.29 is 24.2 Å². The number of nitrogens with one attached hydrogen (secondary N) is 1. The van der Waals surface area contributed by atoms with Gasteiger partial charge in [0.05, 0.1) is 6.54 Å². The Kier molecular flexibility index (Phi) is 8.20. The second-order valence-electron chi connectivity index (χ2n) is 7.89. The highest BCUT2D eigenvalue weighted by Crippen LogP contribution is 2.24. The minimum atomic E-state index is -1.03. The van der Waals surface area contributed by atoms with Gasteiger partial charge in [0.15, 0.2) is 5.78 Å². The number of imide groups is 1. The van der Waals surface area contributed by atoms with Crippen LogP contribution in [-0.4, -0.2) is 52.5 Å². The van der Waals surface area contributed by atoms with Gasteiger partial charge in [0.2, 0.25) is 0 Å². The number of unbranched alkanes of at least 4 members (excludes halogenated alkanes) is 4. The summed E-state index contributed by atoms with van der Waals surface area (Å²) >= 11 is 0. The summed E-state index contributed by atoms with van der Waals surface area (Å²) in [5.74, 6) is 0.0609. The average molecular weight is 405 g/mol. The highest BCUT2D eigenvalue weighted by atomic mass is 16.5. The van der Waals surface area contributed by atoms with Gasteiger partial charge in [0, 0.05) is 5.56 Å². The van der Waals surface area contributed by atoms with Crippen molar-refractivity contribution in [2.24, 2.45) is 0 Å². The zero-order chi connectivity index (χ0) is 21.4. The van der Waals surface area contributed by atoms with Crippen LogP contribution in [0.3, 0.4) is 0 Å². The summed E-state index contributed by atoms with van der Waals surface area (Å²) in [6.45, 7) is 5.12. The minimum Gasteiger partial charge on any atom is -0.491 e. The van der Waals surface area contributed by atoms with Crippen molar-refractivity contribution in [2.45, 2.75) is 70.9 Å². The second-order valence-corrected chi connectivity index (χ2v) is 7.89. The molecule has 7 nitrogen and oxygen atoms in total. The number of ketones is 1. The van der Waals surface area contributed by atoms with E-state index in [-0.39, 0.29) is 24.8 Å². The first-order chi connectivity index (χ1) is 13.8. The summed E-state index contributed by atoms with van der Waals surface area (Å²) in [4.78, 5) is 37.5. The number of Topliss-reactive ketones (excluding diaryl/α,β-unsaturated/α-hetero) is 1. The van der Waals surface area contributed by atoms with Crippen LogP contribution in [0.4, 0.5) is 4.79 Å². The topological polar surface area (TPSA) is 95.9 Å². The molecule has 1 aliphatic rings. The van der Waals surface area contributed by atoms with Crippen LogP contribution in [0.1, 0.15) is 69.7 Å². The van der Waals surface area contributed by atoms with Gasteiger partial charge in [0.1, 0.15) is 24.0 Å². The predicted molar refractivity (Wildman–Crippen MR) is 110 cm³/mol. The third-order valence-electron chi connectivity index (χ3n) is 5.20. The first-order valence-corrected chi connectivity index (χ1v) is 10.3. The van der Waals surface area contributed by atoms with Gasteiger partial charge in [-0.2, -0.15) is 0 Å². The van der Waals surface area contributed by atoms with Crippen molar-refractivity contribution in [3.63, 3.8) is 0 Å². The maximum atomic E-state index is 12.7. The van der Waals surface area contributed by atoms with E-state index < -0.39 is 17.7 Å². The van der Waals surface area contributed by atoms with Gasteiger partial charge in [-0.05, 0) is 32.4 Å². The Morgan fingerprint density at radius 2 is 1.97 bits per heavy atom. The Morgan fingerprint density at radius 3 is 2.66 bits per heavy atom. The predicted octanol–water partition coefficient (Wildman–Crippen LogP) is 3.30. The quantitative estimate of drug-likeness (QED) is 0.317. The van der Waals surface area contributed by atoms with E-state index in [0.29, 0.717) is 17.7 Å². The van der Waals surface area contributed by atoms with E-state index in [1.54, 1.807) is 31.2 Å². The summed E-state index contributed by atoms with van der Waals surface area (Å²) in [6.07, 6.45) is 4.90. The Bertz CT molecular complexity index is 736. The number of carbonyl (C=O) groups is 3. The number of nitrogens with zero attached hydrogens (tertiary/aromatic N) is 1. The van der Waals surface area contributed by atoms with Crippen molar-refractivity contribution in [3.8, 4) is 5.75 Å². The lowest BCUT2D eigenvalue weighted by Gasteiger charge is -2.22. The van der Waals surface area contributed by atoms with E-state index in [1.165, 1.54) is 13.3 Å². The van der Waals surface area contributed by atoms with Crippen LogP contribution in [0.25, 0.3) is 0 Å². The maximum Gasteiger partial charge on any atom is 0.325 e. The van der Waals surface area contributed by atoms with Gasteiger partial charge < -0.3 is 15.2 Å². The molecule has 0 aliphatic carbocycles. The van der Waals surface area contributed by atoms with Gasteiger partial charge in [-0.3, -0.25) is 14.5 Å². The molecule has 0 aromatic heterocycles. The lowest BCUT2D eigenvalue weighted by Crippen LogP contribution is -2.45. The molecule has 2 N–H and O–H groups in total. The molecule has 7 heteroatoms. The van der Waals surface area contributed by atoms with Gasteiger partial charge in [-0.15, -0.1) is 0 Å². The molecule has 0 radical (unpaired) electrons. The van der Waals surface area contributed by atoms with Crippen molar-refractivity contribution >= 4 is 17.7 Å². The largest absolute Gasteiger partial charge is 0.491 e. The highest BCUT2D eigenvalue weighted by Gasteiger charge is 2.47. The summed E-state index contributed by atoms with van der Waals surface area (Å²) in [7, 11) is 0. The van der Waals surface area contributed by atoms with E-state index >= 15 is 0 Å². The standard InChI is InChI=1S/C22H32N2O5/c1-4-5-6-7-8-12-22(3)20(27)24(21(28)23-22)14-18(26)15-29-19-11-9-10-17(13-19)16(2)25/h9-11,13,18,26H,4-8,12,14-15H2,1-3H3,(H,23,28)/t18-,22+/m1/s1. The molecular formula is C22H32N2O5. The van der Waals surface area contributed by atoms with Gasteiger partial charge in [-0.25, -0.2) is 4.79 Å². The number of benzene rings is 1. The molecule has 0 bridgehead atoms. The lowest BCUT2D eigenvalue weighted by atomic mass is 9.94. The molecule has 0 saturated carbocycles. The molecule has 1 aliphatic heterocycles. The number of amides is 3. The molecule has 29 heavy (non-hydrogen) atoms. The Labute approximate surface area is 172 Å². The van der Waals surface area contributed by atoms with Crippen LogP contribution in [0.2, 0.25) is 0 Å². The third kappa shape index (κ3) is 6.29. The second kappa shape index (κ2) is 10.4. The number of ether oxygens (including phenoxy) is 1. The van der Waals surface area contributed by atoms with Gasteiger partial charge in [0.25, 0.3) is 5.91 Å². The fraction of sp³-hybridized carbons (Fsp3) is 0.591. The Morgan fingerprint density at radius 1 is 1.24 bits per heavy atom. The molecule has 1 aromatic rings. The molecule has 0 unspecified atom stereocenters. The van der Waals surface area contributed by atoms with Crippen molar-refractivity contribution in [1.29, 1.82) is 0 Å². The number of aliphatic hydroxyl groups excluding tert-OH is 1. The van der Waals surface area contributed by atoms with E-state index in [0.717, 1.165) is 30.6 Å². The summed E-state index contributed by atoms with van der Waals surface area (Å²) < 4.78 is 5.52. The van der Waals surface area contributed by atoms with E-state index in [4.69, 9.17) is 4.74 Å². The van der Waals surface area contributed by atoms with E-state index in [2.05, 4.69) is 12.2 Å². The number of hydrogen-bond acceptors (Lipinski definition) is 5. The van der Waals surface area contributed by atoms with E-state index in [1.807, 2.05) is 0 Å². The maximum absolute atomic E-state index is 12.7. The molecule has 3 amide bonds. The molecular weight excluding hydrogens is 372 g/mol. The van der Waals surface area contributed by atoms with Crippen molar-refractivity contribution in [3.05, 3.63) is 29.8 Å². The van der Waals surface area contributed by atoms with Crippen molar-refractivity contribution in [2.75, 3.05) is 13.2 Å². The van der Waals surface area contributed by atoms with Crippen LogP contribution in [-0.2, 0) is 4.79 Å². The molecule has 2 rings (SSSR count).